The van der Waals surface area contributed by atoms with E-state index >= 15 is 0 Å². The summed E-state index contributed by atoms with van der Waals surface area (Å²) in [4.78, 5) is 12.5. The lowest BCUT2D eigenvalue weighted by atomic mass is 10.2. The third kappa shape index (κ3) is 2.32. The van der Waals surface area contributed by atoms with E-state index in [9.17, 15) is 4.79 Å². The summed E-state index contributed by atoms with van der Waals surface area (Å²) in [6.07, 6.45) is 0. The lowest BCUT2D eigenvalue weighted by Gasteiger charge is -2.01. The fourth-order valence-corrected chi connectivity index (χ4v) is 2.23. The van der Waals surface area contributed by atoms with Crippen LogP contribution in [0, 0.1) is 0 Å². The molecule has 16 heavy (non-hydrogen) atoms. The molecule has 5 heteroatoms. The van der Waals surface area contributed by atoms with Gasteiger partial charge in [0.25, 0.3) is 5.56 Å². The molecule has 2 aromatic rings. The van der Waals surface area contributed by atoms with Gasteiger partial charge < -0.3 is 10.5 Å². The topological polar surface area (TPSA) is 54.3 Å². The van der Waals surface area contributed by atoms with Crippen LogP contribution in [0.3, 0.4) is 0 Å². The van der Waals surface area contributed by atoms with E-state index in [1.807, 2.05) is 30.3 Å². The van der Waals surface area contributed by atoms with Crippen LogP contribution in [-0.4, -0.2) is 22.3 Å². The number of aliphatic hydroxyl groups excluding tert-OH is 1. The van der Waals surface area contributed by atoms with E-state index in [1.54, 1.807) is 6.07 Å². The highest BCUT2D eigenvalue weighted by atomic mass is 32.1. The third-order valence-corrected chi connectivity index (χ3v) is 3.11. The average Bonchev–Trinajstić information content (AvgIpc) is 2.69. The number of nitrogens with zero attached hydrogens (tertiary/aromatic N) is 1. The molecule has 84 valence electrons. The van der Waals surface area contributed by atoms with Crippen LogP contribution in [0.25, 0.3) is 10.4 Å². The molecule has 0 unspecified atom stereocenters. The standard InChI is InChI=1S/C11H12N2O2S/c14-7-6-12-13-11(15)8-10(16-13)9-4-2-1-3-5-9/h1-5,8,12,14H,6-7H2. The van der Waals surface area contributed by atoms with E-state index in [-0.39, 0.29) is 12.2 Å². The molecular weight excluding hydrogens is 224 g/mol. The smallest absolute Gasteiger partial charge is 0.280 e. The quantitative estimate of drug-likeness (QED) is 0.836. The fraction of sp³-hybridized carbons (Fsp3) is 0.182. The molecule has 0 radical (unpaired) electrons. The van der Waals surface area contributed by atoms with Gasteiger partial charge in [0.1, 0.15) is 0 Å². The predicted octanol–water partition coefficient (Wildman–Crippen LogP) is 1.11. The summed E-state index contributed by atoms with van der Waals surface area (Å²) in [5.74, 6) is 0. The predicted molar refractivity (Wildman–Crippen MR) is 65.3 cm³/mol. The van der Waals surface area contributed by atoms with Crippen molar-refractivity contribution >= 4 is 11.5 Å². The second kappa shape index (κ2) is 4.96. The Kier molecular flexibility index (Phi) is 3.38. The molecule has 0 atom stereocenters. The highest BCUT2D eigenvalue weighted by Crippen LogP contribution is 2.21. The Morgan fingerprint density at radius 3 is 2.75 bits per heavy atom. The zero-order chi connectivity index (χ0) is 11.4. The summed E-state index contributed by atoms with van der Waals surface area (Å²) in [5.41, 5.74) is 3.75. The van der Waals surface area contributed by atoms with Crippen LogP contribution in [0.2, 0.25) is 0 Å². The van der Waals surface area contributed by atoms with E-state index < -0.39 is 0 Å². The largest absolute Gasteiger partial charge is 0.394 e. The van der Waals surface area contributed by atoms with Crippen molar-refractivity contribution in [2.75, 3.05) is 18.6 Å². The lowest BCUT2D eigenvalue weighted by Crippen LogP contribution is -2.25. The number of rotatable bonds is 4. The van der Waals surface area contributed by atoms with Gasteiger partial charge in [-0.05, 0) is 17.1 Å². The maximum absolute atomic E-state index is 11.5. The molecule has 2 rings (SSSR count). The summed E-state index contributed by atoms with van der Waals surface area (Å²) < 4.78 is 1.43. The molecular formula is C11H12N2O2S. The summed E-state index contributed by atoms with van der Waals surface area (Å²) in [6.45, 7) is 0.375. The minimum Gasteiger partial charge on any atom is -0.394 e. The van der Waals surface area contributed by atoms with Gasteiger partial charge in [-0.2, -0.15) is 4.07 Å². The Morgan fingerprint density at radius 1 is 1.31 bits per heavy atom. The first-order valence-electron chi connectivity index (χ1n) is 4.95. The lowest BCUT2D eigenvalue weighted by molar-refractivity contribution is 0.307. The Labute approximate surface area is 96.9 Å². The van der Waals surface area contributed by atoms with Crippen LogP contribution < -0.4 is 11.0 Å². The molecule has 2 N–H and O–H groups in total. The van der Waals surface area contributed by atoms with Crippen molar-refractivity contribution in [3.63, 3.8) is 0 Å². The molecule has 0 saturated carbocycles. The Balaban J connectivity index is 2.28. The number of benzene rings is 1. The molecule has 1 aromatic carbocycles. The highest BCUT2D eigenvalue weighted by Gasteiger charge is 2.05. The van der Waals surface area contributed by atoms with Crippen molar-refractivity contribution in [2.45, 2.75) is 0 Å². The minimum atomic E-state index is -0.0997. The number of hydrogen-bond acceptors (Lipinski definition) is 4. The molecule has 0 aliphatic carbocycles. The SMILES string of the molecule is O=c1cc(-c2ccccc2)sn1NCCO. The first kappa shape index (κ1) is 10.9. The van der Waals surface area contributed by atoms with Gasteiger partial charge in [0.2, 0.25) is 0 Å². The highest BCUT2D eigenvalue weighted by molar-refractivity contribution is 7.10. The third-order valence-electron chi connectivity index (χ3n) is 2.07. The minimum absolute atomic E-state index is 0.00497. The van der Waals surface area contributed by atoms with Crippen molar-refractivity contribution in [3.8, 4) is 10.4 Å². The molecule has 0 spiro atoms. The maximum Gasteiger partial charge on any atom is 0.280 e. The Hall–Kier alpha value is -1.59. The molecule has 4 nitrogen and oxygen atoms in total. The van der Waals surface area contributed by atoms with Crippen LogP contribution in [0.1, 0.15) is 0 Å². The van der Waals surface area contributed by atoms with E-state index in [0.717, 1.165) is 10.4 Å². The van der Waals surface area contributed by atoms with Gasteiger partial charge in [-0.3, -0.25) is 4.79 Å². The first-order valence-corrected chi connectivity index (χ1v) is 5.72. The molecule has 1 heterocycles. The fourth-order valence-electron chi connectivity index (χ4n) is 1.34. The molecule has 0 fully saturated rings. The zero-order valence-electron chi connectivity index (χ0n) is 8.59. The first-order chi connectivity index (χ1) is 7.81. The van der Waals surface area contributed by atoms with Gasteiger partial charge in [0.05, 0.1) is 18.0 Å². The average molecular weight is 236 g/mol. The van der Waals surface area contributed by atoms with Crippen LogP contribution in [0.4, 0.5) is 0 Å². The van der Waals surface area contributed by atoms with Crippen LogP contribution >= 0.6 is 11.5 Å². The Morgan fingerprint density at radius 2 is 2.06 bits per heavy atom. The summed E-state index contributed by atoms with van der Waals surface area (Å²) in [6, 6.07) is 11.3. The maximum atomic E-state index is 11.5. The molecule has 1 aromatic heterocycles. The van der Waals surface area contributed by atoms with Gasteiger partial charge in [0, 0.05) is 6.07 Å². The number of aromatic nitrogens is 1. The molecule has 0 aliphatic heterocycles. The molecule has 0 bridgehead atoms. The van der Waals surface area contributed by atoms with E-state index in [4.69, 9.17) is 5.11 Å². The van der Waals surface area contributed by atoms with Crippen molar-refractivity contribution in [1.82, 2.24) is 4.07 Å². The van der Waals surface area contributed by atoms with Gasteiger partial charge in [-0.1, -0.05) is 30.3 Å². The zero-order valence-corrected chi connectivity index (χ0v) is 9.41. The van der Waals surface area contributed by atoms with Crippen molar-refractivity contribution < 1.29 is 5.11 Å². The van der Waals surface area contributed by atoms with Gasteiger partial charge in [-0.15, -0.1) is 0 Å². The second-order valence-electron chi connectivity index (χ2n) is 3.23. The van der Waals surface area contributed by atoms with E-state index in [0.29, 0.717) is 6.54 Å². The van der Waals surface area contributed by atoms with Gasteiger partial charge >= 0.3 is 0 Å². The van der Waals surface area contributed by atoms with Crippen molar-refractivity contribution in [2.24, 2.45) is 0 Å². The molecule has 0 amide bonds. The summed E-state index contributed by atoms with van der Waals surface area (Å²) in [7, 11) is 0. The second-order valence-corrected chi connectivity index (χ2v) is 4.22. The van der Waals surface area contributed by atoms with Crippen LogP contribution in [-0.2, 0) is 0 Å². The summed E-state index contributed by atoms with van der Waals surface area (Å²) >= 11 is 1.33. The molecule has 0 saturated heterocycles. The normalized spacial score (nSPS) is 10.3. The number of hydrogen-bond donors (Lipinski definition) is 2. The van der Waals surface area contributed by atoms with E-state index in [1.165, 1.54) is 15.6 Å². The van der Waals surface area contributed by atoms with Crippen LogP contribution in [0.15, 0.2) is 41.2 Å². The summed E-state index contributed by atoms with van der Waals surface area (Å²) in [5, 5.41) is 8.67. The van der Waals surface area contributed by atoms with Gasteiger partial charge in [0.15, 0.2) is 0 Å². The Bertz CT molecular complexity index is 504. The monoisotopic (exact) mass is 236 g/mol. The number of nitrogens with one attached hydrogen (secondary N) is 1. The van der Waals surface area contributed by atoms with Crippen molar-refractivity contribution in [3.05, 3.63) is 46.8 Å². The van der Waals surface area contributed by atoms with E-state index in [2.05, 4.69) is 5.43 Å². The van der Waals surface area contributed by atoms with Gasteiger partial charge in [-0.25, -0.2) is 0 Å². The van der Waals surface area contributed by atoms with Crippen LogP contribution in [0.5, 0.6) is 0 Å². The van der Waals surface area contributed by atoms with Crippen molar-refractivity contribution in [1.29, 1.82) is 0 Å². The number of aliphatic hydroxyl groups is 1. The molecule has 0 aliphatic rings.